The van der Waals surface area contributed by atoms with E-state index in [9.17, 15) is 0 Å². The van der Waals surface area contributed by atoms with Crippen LogP contribution < -0.4 is 11.1 Å². The van der Waals surface area contributed by atoms with Crippen molar-refractivity contribution in [1.29, 1.82) is 0 Å². The van der Waals surface area contributed by atoms with E-state index in [1.54, 1.807) is 11.3 Å². The largest absolute Gasteiger partial charge is 0.260 e. The maximum Gasteiger partial charge on any atom is 0.218 e. The van der Waals surface area contributed by atoms with Crippen LogP contribution in [0, 0.1) is 0 Å². The van der Waals surface area contributed by atoms with E-state index in [1.807, 2.05) is 29.1 Å². The molecule has 0 atom stereocenters. The molecule has 0 bridgehead atoms. The van der Waals surface area contributed by atoms with Crippen LogP contribution in [0.5, 0.6) is 0 Å². The second-order valence-electron chi connectivity index (χ2n) is 2.47. The predicted molar refractivity (Wildman–Crippen MR) is 53.6 cm³/mol. The van der Waals surface area contributed by atoms with Crippen LogP contribution in [0.25, 0.3) is 0 Å². The van der Waals surface area contributed by atoms with Crippen LogP contribution in [0.4, 0.5) is 0 Å². The van der Waals surface area contributed by atoms with Gasteiger partial charge in [-0.3, -0.25) is 4.98 Å². The van der Waals surface area contributed by atoms with Gasteiger partial charge in [0.25, 0.3) is 0 Å². The minimum absolute atomic E-state index is 1.03. The topological polar surface area (TPSA) is 12.9 Å². The fourth-order valence-electron chi connectivity index (χ4n) is 1.01. The monoisotopic (exact) mass is 172 g/mol. The van der Waals surface area contributed by atoms with Crippen LogP contribution in [0.2, 0.25) is 0 Å². The van der Waals surface area contributed by atoms with Crippen LogP contribution in [-0.2, 0) is 0 Å². The average Bonchev–Trinajstić information content (AvgIpc) is 2.59. The summed E-state index contributed by atoms with van der Waals surface area (Å²) in [6.45, 7) is 0. The highest BCUT2D eigenvalue weighted by Gasteiger charge is 1.98. The smallest absolute Gasteiger partial charge is 0.218 e. The second kappa shape index (κ2) is 3.54. The zero-order chi connectivity index (χ0) is 8.23. The molecular weight excluding hydrogens is 165 g/mol. The molecule has 0 saturated heterocycles. The van der Waals surface area contributed by atoms with Crippen molar-refractivity contribution in [2.24, 2.45) is 0 Å². The fourth-order valence-corrected chi connectivity index (χ4v) is 1.52. The minimum Gasteiger partial charge on any atom is -0.260 e. The van der Waals surface area contributed by atoms with Gasteiger partial charge in [-0.1, -0.05) is 35.8 Å². The highest BCUT2D eigenvalue weighted by Crippen LogP contribution is 1.87. The average molecular weight is 172 g/mol. The van der Waals surface area contributed by atoms with E-state index in [2.05, 4.69) is 24.4 Å². The van der Waals surface area contributed by atoms with Crippen molar-refractivity contribution >= 4 is 29.7 Å². The van der Waals surface area contributed by atoms with Gasteiger partial charge < -0.3 is 0 Å². The molecule has 2 aromatic rings. The van der Waals surface area contributed by atoms with Crippen LogP contribution >= 0.6 is 11.3 Å². The van der Waals surface area contributed by atoms with E-state index in [0.29, 0.717) is 0 Å². The first-order valence-electron chi connectivity index (χ1n) is 3.73. The Hall–Kier alpha value is -1.09. The third-order valence-electron chi connectivity index (χ3n) is 1.57. The Morgan fingerprint density at radius 2 is 2.00 bits per heavy atom. The summed E-state index contributed by atoms with van der Waals surface area (Å²) in [5, 5.41) is 2.03. The van der Waals surface area contributed by atoms with Gasteiger partial charge in [0.1, 0.15) is 0 Å². The van der Waals surface area contributed by atoms with Gasteiger partial charge in [-0.05, 0) is 0 Å². The molecule has 1 nitrogen and oxygen atoms in total. The van der Waals surface area contributed by atoms with Crippen LogP contribution in [0.3, 0.4) is 0 Å². The van der Waals surface area contributed by atoms with Crippen molar-refractivity contribution in [3.05, 3.63) is 41.2 Å². The third kappa shape index (κ3) is 1.74. The molecule has 0 aliphatic rings. The maximum absolute atomic E-state index is 4.17. The predicted octanol–water partition coefficient (Wildman–Crippen LogP) is 0.798. The number of aromatic nitrogens is 1. The molecule has 1 heterocycles. The number of thiazole rings is 1. The molecule has 57 valence electrons. The SMILES string of the molecule is [B](c1ccccc1)c1cscn1. The first kappa shape index (κ1) is 7.56. The highest BCUT2D eigenvalue weighted by molar-refractivity contribution is 7.08. The highest BCUT2D eigenvalue weighted by atomic mass is 32.1. The first-order chi connectivity index (χ1) is 5.95. The summed E-state index contributed by atoms with van der Waals surface area (Å²) in [6.07, 6.45) is 0. The Morgan fingerprint density at radius 1 is 1.17 bits per heavy atom. The van der Waals surface area contributed by atoms with E-state index in [4.69, 9.17) is 0 Å². The Bertz CT molecular complexity index is 331. The summed E-state index contributed by atoms with van der Waals surface area (Å²) in [4.78, 5) is 4.17. The molecule has 3 heteroatoms. The number of hydrogen-bond acceptors (Lipinski definition) is 2. The van der Waals surface area contributed by atoms with Gasteiger partial charge in [-0.2, -0.15) is 0 Å². The summed E-state index contributed by atoms with van der Waals surface area (Å²) in [7, 11) is 2.07. The van der Waals surface area contributed by atoms with Gasteiger partial charge in [0.05, 0.1) is 5.51 Å². The second-order valence-corrected chi connectivity index (χ2v) is 3.19. The molecule has 1 aromatic heterocycles. The molecule has 0 aliphatic heterocycles. The van der Waals surface area contributed by atoms with E-state index in [0.717, 1.165) is 5.59 Å². The normalized spacial score (nSPS) is 9.67. The van der Waals surface area contributed by atoms with Gasteiger partial charge in [0, 0.05) is 11.0 Å². The molecule has 0 amide bonds. The molecule has 0 N–H and O–H groups in total. The van der Waals surface area contributed by atoms with Crippen molar-refractivity contribution in [2.75, 3.05) is 0 Å². The van der Waals surface area contributed by atoms with Crippen LogP contribution in [-0.4, -0.2) is 12.3 Å². The summed E-state index contributed by atoms with van der Waals surface area (Å²) in [5.74, 6) is 0. The summed E-state index contributed by atoms with van der Waals surface area (Å²) < 4.78 is 0. The Balaban J connectivity index is 2.15. The lowest BCUT2D eigenvalue weighted by molar-refractivity contribution is 1.49. The van der Waals surface area contributed by atoms with E-state index >= 15 is 0 Å². The number of rotatable bonds is 2. The Kier molecular flexibility index (Phi) is 2.23. The third-order valence-corrected chi connectivity index (χ3v) is 2.17. The van der Waals surface area contributed by atoms with Gasteiger partial charge in [-0.15, -0.1) is 11.3 Å². The lowest BCUT2D eigenvalue weighted by Crippen LogP contribution is -2.27. The zero-order valence-electron chi connectivity index (χ0n) is 6.47. The van der Waals surface area contributed by atoms with Gasteiger partial charge in [-0.25, -0.2) is 0 Å². The molecule has 12 heavy (non-hydrogen) atoms. The molecule has 0 fully saturated rings. The maximum atomic E-state index is 4.17. The molecule has 0 unspecified atom stereocenters. The van der Waals surface area contributed by atoms with E-state index < -0.39 is 0 Å². The Labute approximate surface area is 76.3 Å². The van der Waals surface area contributed by atoms with Crippen molar-refractivity contribution in [3.63, 3.8) is 0 Å². The zero-order valence-corrected chi connectivity index (χ0v) is 7.29. The molecule has 2 rings (SSSR count). The van der Waals surface area contributed by atoms with Crippen molar-refractivity contribution in [1.82, 2.24) is 4.98 Å². The molecule has 1 aromatic carbocycles. The summed E-state index contributed by atoms with van der Waals surface area (Å²) >= 11 is 1.62. The fraction of sp³-hybridized carbons (Fsp3) is 0. The molecule has 0 aliphatic carbocycles. The quantitative estimate of drug-likeness (QED) is 0.610. The lowest BCUT2D eigenvalue weighted by Gasteiger charge is -1.93. The summed E-state index contributed by atoms with van der Waals surface area (Å²) in [6, 6.07) is 10.2. The van der Waals surface area contributed by atoms with Gasteiger partial charge in [0.15, 0.2) is 0 Å². The van der Waals surface area contributed by atoms with E-state index in [1.165, 1.54) is 5.46 Å². The van der Waals surface area contributed by atoms with Gasteiger partial charge >= 0.3 is 0 Å². The van der Waals surface area contributed by atoms with Gasteiger partial charge in [0.2, 0.25) is 7.28 Å². The van der Waals surface area contributed by atoms with Crippen molar-refractivity contribution in [2.45, 2.75) is 0 Å². The number of benzene rings is 1. The molecular formula is C9H7BNS. The van der Waals surface area contributed by atoms with Crippen LogP contribution in [0.15, 0.2) is 41.2 Å². The number of hydrogen-bond donors (Lipinski definition) is 0. The first-order valence-corrected chi connectivity index (χ1v) is 4.67. The minimum atomic E-state index is 1.03. The van der Waals surface area contributed by atoms with E-state index in [-0.39, 0.29) is 0 Å². The van der Waals surface area contributed by atoms with Crippen molar-refractivity contribution in [3.8, 4) is 0 Å². The molecule has 0 saturated carbocycles. The lowest BCUT2D eigenvalue weighted by atomic mass is 9.68. The standard InChI is InChI=1S/C9H7BNS/c1-2-4-8(5-3-1)10-9-6-12-7-11-9/h1-7H. The summed E-state index contributed by atoms with van der Waals surface area (Å²) in [5.41, 5.74) is 4.07. The number of nitrogens with zero attached hydrogens (tertiary/aromatic N) is 1. The Morgan fingerprint density at radius 3 is 2.67 bits per heavy atom. The van der Waals surface area contributed by atoms with Crippen molar-refractivity contribution < 1.29 is 0 Å². The molecule has 1 radical (unpaired) electrons. The van der Waals surface area contributed by atoms with Crippen LogP contribution in [0.1, 0.15) is 0 Å². The molecule has 0 spiro atoms.